The van der Waals surface area contributed by atoms with E-state index in [1.165, 1.54) is 11.3 Å². The Balaban J connectivity index is 2.07. The van der Waals surface area contributed by atoms with Crippen LogP contribution in [0.15, 0.2) is 42.6 Å². The number of hydrogen-bond donors (Lipinski definition) is 0. The highest BCUT2D eigenvalue weighted by Gasteiger charge is 2.23. The molecule has 0 spiro atoms. The van der Waals surface area contributed by atoms with E-state index in [-0.39, 0.29) is 0 Å². The predicted octanol–water partition coefficient (Wildman–Crippen LogP) is 3.28. The summed E-state index contributed by atoms with van der Waals surface area (Å²) in [4.78, 5) is 6.63. The summed E-state index contributed by atoms with van der Waals surface area (Å²) in [6.07, 6.45) is 2.81. The van der Waals surface area contributed by atoms with Crippen molar-refractivity contribution >= 4 is 11.5 Å². The number of para-hydroxylation sites is 1. The Morgan fingerprint density at radius 3 is 3.00 bits per heavy atom. The molecule has 3 rings (SSSR count). The molecule has 0 fully saturated rings. The summed E-state index contributed by atoms with van der Waals surface area (Å²) in [5.41, 5.74) is 3.22. The minimum atomic E-state index is 0.586. The molecule has 1 atom stereocenters. The monoisotopic (exact) mass is 249 g/mol. The van der Waals surface area contributed by atoms with Gasteiger partial charge in [0.25, 0.3) is 0 Å². The molecule has 1 unspecified atom stereocenters. The third kappa shape index (κ3) is 2.17. The average Bonchev–Trinajstić information content (AvgIpc) is 2.46. The largest absolute Gasteiger partial charge is 0.326 e. The van der Waals surface area contributed by atoms with Crippen molar-refractivity contribution in [3.05, 3.63) is 53.7 Å². The molecule has 0 saturated heterocycles. The Bertz CT molecular complexity index is 642. The second-order valence-electron chi connectivity index (χ2n) is 5.06. The highest BCUT2D eigenvalue weighted by molar-refractivity contribution is 5.66. The summed E-state index contributed by atoms with van der Waals surface area (Å²) in [7, 11) is 0. The van der Waals surface area contributed by atoms with Gasteiger partial charge in [0.05, 0.1) is 11.6 Å². The zero-order valence-corrected chi connectivity index (χ0v) is 10.9. The summed E-state index contributed by atoms with van der Waals surface area (Å²) in [5.74, 6) is 1.44. The van der Waals surface area contributed by atoms with Gasteiger partial charge in [0.1, 0.15) is 5.82 Å². The van der Waals surface area contributed by atoms with E-state index in [4.69, 9.17) is 5.26 Å². The first-order valence-electron chi connectivity index (χ1n) is 6.49. The highest BCUT2D eigenvalue weighted by atomic mass is 15.2. The smallest absolute Gasteiger partial charge is 0.134 e. The fourth-order valence-corrected chi connectivity index (χ4v) is 2.65. The molecule has 3 heteroatoms. The van der Waals surface area contributed by atoms with Gasteiger partial charge in [0.15, 0.2) is 0 Å². The van der Waals surface area contributed by atoms with Gasteiger partial charge in [-0.15, -0.1) is 0 Å². The molecule has 0 aliphatic carbocycles. The molecule has 0 N–H and O–H groups in total. The number of anilines is 2. The van der Waals surface area contributed by atoms with Crippen molar-refractivity contribution in [2.75, 3.05) is 11.4 Å². The number of nitriles is 1. The summed E-state index contributed by atoms with van der Waals surface area (Å²) in [6.45, 7) is 3.19. The minimum absolute atomic E-state index is 0.586. The Morgan fingerprint density at radius 2 is 2.16 bits per heavy atom. The maximum atomic E-state index is 9.01. The summed E-state index contributed by atoms with van der Waals surface area (Å²) < 4.78 is 0. The van der Waals surface area contributed by atoms with Crippen molar-refractivity contribution in [2.24, 2.45) is 5.92 Å². The lowest BCUT2D eigenvalue weighted by Gasteiger charge is -2.34. The summed E-state index contributed by atoms with van der Waals surface area (Å²) >= 11 is 0. The van der Waals surface area contributed by atoms with Gasteiger partial charge >= 0.3 is 0 Å². The van der Waals surface area contributed by atoms with E-state index in [9.17, 15) is 0 Å². The number of rotatable bonds is 1. The Kier molecular flexibility index (Phi) is 2.92. The van der Waals surface area contributed by atoms with Gasteiger partial charge in [-0.25, -0.2) is 4.98 Å². The summed E-state index contributed by atoms with van der Waals surface area (Å²) in [6, 6.07) is 14.2. The topological polar surface area (TPSA) is 39.9 Å². The van der Waals surface area contributed by atoms with Crippen molar-refractivity contribution in [2.45, 2.75) is 13.3 Å². The molecule has 0 radical (unpaired) electrons. The molecule has 0 amide bonds. The number of nitrogens with zero attached hydrogens (tertiary/aromatic N) is 3. The van der Waals surface area contributed by atoms with Crippen molar-refractivity contribution in [1.29, 1.82) is 5.26 Å². The number of benzene rings is 1. The van der Waals surface area contributed by atoms with E-state index in [0.29, 0.717) is 11.5 Å². The third-order valence-electron chi connectivity index (χ3n) is 3.50. The first kappa shape index (κ1) is 11.7. The van der Waals surface area contributed by atoms with Crippen LogP contribution < -0.4 is 4.90 Å². The maximum Gasteiger partial charge on any atom is 0.134 e. The molecule has 94 valence electrons. The molecule has 1 aromatic heterocycles. The molecule has 0 saturated carbocycles. The zero-order valence-electron chi connectivity index (χ0n) is 10.9. The van der Waals surface area contributed by atoms with Crippen LogP contribution in [0.2, 0.25) is 0 Å². The summed E-state index contributed by atoms with van der Waals surface area (Å²) in [5, 5.41) is 9.01. The SMILES string of the molecule is CC1Cc2ccccc2N(c2cc(C#N)ccn2)C1. The molecule has 2 aromatic rings. The van der Waals surface area contributed by atoms with Crippen molar-refractivity contribution in [3.8, 4) is 6.07 Å². The van der Waals surface area contributed by atoms with Crippen LogP contribution in [0.4, 0.5) is 11.5 Å². The lowest BCUT2D eigenvalue weighted by atomic mass is 9.94. The number of aromatic nitrogens is 1. The van der Waals surface area contributed by atoms with Crippen LogP contribution in [0, 0.1) is 17.2 Å². The zero-order chi connectivity index (χ0) is 13.2. The van der Waals surface area contributed by atoms with Crippen LogP contribution >= 0.6 is 0 Å². The second-order valence-corrected chi connectivity index (χ2v) is 5.06. The molecular formula is C16H15N3. The average molecular weight is 249 g/mol. The lowest BCUT2D eigenvalue weighted by Crippen LogP contribution is -2.30. The Labute approximate surface area is 113 Å². The van der Waals surface area contributed by atoms with Gasteiger partial charge in [-0.1, -0.05) is 25.1 Å². The fraction of sp³-hybridized carbons (Fsp3) is 0.250. The van der Waals surface area contributed by atoms with Crippen molar-refractivity contribution in [3.63, 3.8) is 0 Å². The molecule has 3 nitrogen and oxygen atoms in total. The van der Waals surface area contributed by atoms with Crippen molar-refractivity contribution in [1.82, 2.24) is 4.98 Å². The molecule has 19 heavy (non-hydrogen) atoms. The van der Waals surface area contributed by atoms with E-state index in [1.54, 1.807) is 12.3 Å². The van der Waals surface area contributed by atoms with Crippen LogP contribution in [0.25, 0.3) is 0 Å². The molecule has 2 heterocycles. The third-order valence-corrected chi connectivity index (χ3v) is 3.50. The van der Waals surface area contributed by atoms with Gasteiger partial charge in [-0.2, -0.15) is 5.26 Å². The Hall–Kier alpha value is -2.34. The Morgan fingerprint density at radius 1 is 1.32 bits per heavy atom. The van der Waals surface area contributed by atoms with Gasteiger partial charge in [-0.05, 0) is 36.1 Å². The van der Waals surface area contributed by atoms with Gasteiger partial charge in [-0.3, -0.25) is 0 Å². The lowest BCUT2D eigenvalue weighted by molar-refractivity contribution is 0.560. The van der Waals surface area contributed by atoms with Gasteiger partial charge < -0.3 is 4.90 Å². The minimum Gasteiger partial charge on any atom is -0.326 e. The van der Waals surface area contributed by atoms with Crippen LogP contribution in [-0.2, 0) is 6.42 Å². The van der Waals surface area contributed by atoms with Gasteiger partial charge in [0, 0.05) is 18.4 Å². The molecular weight excluding hydrogens is 234 g/mol. The predicted molar refractivity (Wildman–Crippen MR) is 75.3 cm³/mol. The number of pyridine rings is 1. The first-order valence-corrected chi connectivity index (χ1v) is 6.49. The second kappa shape index (κ2) is 4.74. The van der Waals surface area contributed by atoms with Crippen LogP contribution in [0.1, 0.15) is 18.1 Å². The van der Waals surface area contributed by atoms with Crippen LogP contribution in [-0.4, -0.2) is 11.5 Å². The van der Waals surface area contributed by atoms with Crippen LogP contribution in [0.5, 0.6) is 0 Å². The van der Waals surface area contributed by atoms with E-state index in [1.807, 2.05) is 6.07 Å². The van der Waals surface area contributed by atoms with Gasteiger partial charge in [0.2, 0.25) is 0 Å². The molecule has 1 aromatic carbocycles. The van der Waals surface area contributed by atoms with E-state index >= 15 is 0 Å². The fourth-order valence-electron chi connectivity index (χ4n) is 2.65. The molecule has 1 aliphatic rings. The number of fused-ring (bicyclic) bond motifs is 1. The van der Waals surface area contributed by atoms with Crippen molar-refractivity contribution < 1.29 is 0 Å². The molecule has 0 bridgehead atoms. The van der Waals surface area contributed by atoms with E-state index in [2.05, 4.69) is 47.1 Å². The standard InChI is InChI=1S/C16H15N3/c1-12-8-14-4-2-3-5-15(14)19(11-12)16-9-13(10-17)6-7-18-16/h2-7,9,12H,8,11H2,1H3. The first-order chi connectivity index (χ1) is 9.28. The molecule has 1 aliphatic heterocycles. The highest BCUT2D eigenvalue weighted by Crippen LogP contribution is 2.34. The van der Waals surface area contributed by atoms with E-state index < -0.39 is 0 Å². The quantitative estimate of drug-likeness (QED) is 0.778. The van der Waals surface area contributed by atoms with E-state index in [0.717, 1.165) is 18.8 Å². The maximum absolute atomic E-state index is 9.01. The number of hydrogen-bond acceptors (Lipinski definition) is 3. The van der Waals surface area contributed by atoms with Crippen LogP contribution in [0.3, 0.4) is 0 Å². The normalized spacial score (nSPS) is 17.7.